The number of carbonyl (C=O) groups is 1. The Bertz CT molecular complexity index is 1280. The molecular formula is C22H23N3O5S2. The molecule has 3 aromatic rings. The Hall–Kier alpha value is -2.79. The highest BCUT2D eigenvalue weighted by Crippen LogP contribution is 2.30. The van der Waals surface area contributed by atoms with E-state index in [4.69, 9.17) is 9.47 Å². The van der Waals surface area contributed by atoms with E-state index in [-0.39, 0.29) is 29.6 Å². The molecule has 4 rings (SSSR count). The molecule has 1 aromatic heterocycles. The van der Waals surface area contributed by atoms with Crippen molar-refractivity contribution in [2.24, 2.45) is 0 Å². The van der Waals surface area contributed by atoms with Gasteiger partial charge in [-0.3, -0.25) is 10.1 Å². The highest BCUT2D eigenvalue weighted by atomic mass is 32.2. The zero-order valence-corrected chi connectivity index (χ0v) is 19.3. The Kier molecular flexibility index (Phi) is 6.56. The van der Waals surface area contributed by atoms with Crippen molar-refractivity contribution in [3.8, 4) is 5.75 Å². The lowest BCUT2D eigenvalue weighted by molar-refractivity contribution is -0.111. The molecule has 2 heterocycles. The van der Waals surface area contributed by atoms with Gasteiger partial charge < -0.3 is 9.47 Å². The van der Waals surface area contributed by atoms with Gasteiger partial charge in [-0.25, -0.2) is 13.4 Å². The smallest absolute Gasteiger partial charge is 0.250 e. The first-order valence-corrected chi connectivity index (χ1v) is 12.3. The van der Waals surface area contributed by atoms with Gasteiger partial charge in [0.2, 0.25) is 15.9 Å². The van der Waals surface area contributed by atoms with E-state index < -0.39 is 10.0 Å². The van der Waals surface area contributed by atoms with Gasteiger partial charge in [-0.2, -0.15) is 4.31 Å². The molecule has 0 bridgehead atoms. The third-order valence-electron chi connectivity index (χ3n) is 5.05. The van der Waals surface area contributed by atoms with E-state index in [9.17, 15) is 13.2 Å². The standard InChI is InChI=1S/C22H23N3O5S2/c1-15-4-3-5-18-21(15)24-22(31-18)23-20(26)9-7-16-6-8-17(29-2)19(14-16)32(27,28)25-10-12-30-13-11-25/h3-9,14H,10-13H2,1-2H3,(H,23,24,26). The third-order valence-corrected chi connectivity index (χ3v) is 7.91. The number of amides is 1. The lowest BCUT2D eigenvalue weighted by Crippen LogP contribution is -2.40. The van der Waals surface area contributed by atoms with Crippen molar-refractivity contribution in [3.05, 3.63) is 53.6 Å². The molecule has 1 N–H and O–H groups in total. The number of rotatable bonds is 6. The van der Waals surface area contributed by atoms with Crippen LogP contribution in [0.5, 0.6) is 5.75 Å². The minimum absolute atomic E-state index is 0.0612. The molecule has 0 atom stereocenters. The highest BCUT2D eigenvalue weighted by Gasteiger charge is 2.29. The third kappa shape index (κ3) is 4.68. The average Bonchev–Trinajstić information content (AvgIpc) is 3.22. The maximum absolute atomic E-state index is 13.1. The Morgan fingerprint density at radius 3 is 2.75 bits per heavy atom. The molecule has 8 nitrogen and oxygen atoms in total. The van der Waals surface area contributed by atoms with Crippen LogP contribution >= 0.6 is 11.3 Å². The number of fused-ring (bicyclic) bond motifs is 1. The number of aromatic nitrogens is 1. The average molecular weight is 474 g/mol. The Labute approximate surface area is 190 Å². The molecule has 0 aliphatic carbocycles. The number of anilines is 1. The van der Waals surface area contributed by atoms with E-state index in [0.29, 0.717) is 23.9 Å². The van der Waals surface area contributed by atoms with Gasteiger partial charge in [0.15, 0.2) is 5.13 Å². The van der Waals surface area contributed by atoms with Crippen molar-refractivity contribution >= 4 is 48.7 Å². The van der Waals surface area contributed by atoms with Gasteiger partial charge in [0.1, 0.15) is 10.6 Å². The first-order valence-electron chi connectivity index (χ1n) is 9.99. The molecule has 1 amide bonds. The van der Waals surface area contributed by atoms with Gasteiger partial charge in [0.25, 0.3) is 0 Å². The Morgan fingerprint density at radius 2 is 2.03 bits per heavy atom. The van der Waals surface area contributed by atoms with Gasteiger partial charge in [-0.05, 0) is 42.3 Å². The molecule has 1 aliphatic rings. The molecule has 10 heteroatoms. The molecule has 1 aliphatic heterocycles. The van der Waals surface area contributed by atoms with Crippen LogP contribution in [0.25, 0.3) is 16.3 Å². The number of para-hydroxylation sites is 1. The quantitative estimate of drug-likeness (QED) is 0.552. The number of sulfonamides is 1. The monoisotopic (exact) mass is 473 g/mol. The van der Waals surface area contributed by atoms with Crippen molar-refractivity contribution < 1.29 is 22.7 Å². The molecule has 0 saturated carbocycles. The zero-order chi connectivity index (χ0) is 22.7. The van der Waals surface area contributed by atoms with Crippen LogP contribution in [0.1, 0.15) is 11.1 Å². The second kappa shape index (κ2) is 9.37. The van der Waals surface area contributed by atoms with E-state index in [0.717, 1.165) is 15.8 Å². The second-order valence-corrected chi connectivity index (χ2v) is 10.1. The van der Waals surface area contributed by atoms with Crippen LogP contribution in [0.15, 0.2) is 47.4 Å². The second-order valence-electron chi connectivity index (χ2n) is 7.19. The van der Waals surface area contributed by atoms with E-state index in [2.05, 4.69) is 10.3 Å². The first kappa shape index (κ1) is 22.4. The number of thiazole rings is 1. The minimum atomic E-state index is -3.75. The summed E-state index contributed by atoms with van der Waals surface area (Å²) >= 11 is 1.40. The summed E-state index contributed by atoms with van der Waals surface area (Å²) in [6.45, 7) is 3.25. The lowest BCUT2D eigenvalue weighted by atomic mass is 10.2. The van der Waals surface area contributed by atoms with Crippen LogP contribution < -0.4 is 10.1 Å². The van der Waals surface area contributed by atoms with E-state index in [1.807, 2.05) is 25.1 Å². The van der Waals surface area contributed by atoms with Crippen LogP contribution in [0.4, 0.5) is 5.13 Å². The molecule has 2 aromatic carbocycles. The minimum Gasteiger partial charge on any atom is -0.495 e. The molecule has 1 saturated heterocycles. The molecular weight excluding hydrogens is 450 g/mol. The fourth-order valence-corrected chi connectivity index (χ4v) is 5.93. The summed E-state index contributed by atoms with van der Waals surface area (Å²) < 4.78 is 39.1. The number of ether oxygens (including phenoxy) is 2. The summed E-state index contributed by atoms with van der Waals surface area (Å²) in [7, 11) is -2.32. The number of nitrogens with one attached hydrogen (secondary N) is 1. The van der Waals surface area contributed by atoms with Gasteiger partial charge in [0, 0.05) is 19.2 Å². The summed E-state index contributed by atoms with van der Waals surface area (Å²) in [6.07, 6.45) is 2.91. The van der Waals surface area contributed by atoms with Crippen molar-refractivity contribution in [3.63, 3.8) is 0 Å². The van der Waals surface area contributed by atoms with Crippen molar-refractivity contribution in [2.75, 3.05) is 38.7 Å². The summed E-state index contributed by atoms with van der Waals surface area (Å²) in [6, 6.07) is 10.7. The SMILES string of the molecule is COc1ccc(C=CC(=O)Nc2nc3c(C)cccc3s2)cc1S(=O)(=O)N1CCOCC1. The van der Waals surface area contributed by atoms with Gasteiger partial charge in [-0.15, -0.1) is 0 Å². The Morgan fingerprint density at radius 1 is 1.25 bits per heavy atom. The number of morpholine rings is 1. The number of methoxy groups -OCH3 is 1. The largest absolute Gasteiger partial charge is 0.495 e. The van der Waals surface area contributed by atoms with E-state index >= 15 is 0 Å². The van der Waals surface area contributed by atoms with Crippen molar-refractivity contribution in [1.82, 2.24) is 9.29 Å². The highest BCUT2D eigenvalue weighted by molar-refractivity contribution is 7.89. The molecule has 0 unspecified atom stereocenters. The summed E-state index contributed by atoms with van der Waals surface area (Å²) in [4.78, 5) is 16.9. The molecule has 0 radical (unpaired) electrons. The molecule has 1 fully saturated rings. The number of carbonyl (C=O) groups excluding carboxylic acids is 1. The predicted octanol–water partition coefficient (Wildman–Crippen LogP) is 3.29. The summed E-state index contributed by atoms with van der Waals surface area (Å²) in [5, 5.41) is 3.27. The fraction of sp³-hybridized carbons (Fsp3) is 0.273. The summed E-state index contributed by atoms with van der Waals surface area (Å²) in [5.74, 6) is -0.0990. The molecule has 32 heavy (non-hydrogen) atoms. The predicted molar refractivity (Wildman–Crippen MR) is 125 cm³/mol. The van der Waals surface area contributed by atoms with Crippen LogP contribution in [0.2, 0.25) is 0 Å². The lowest BCUT2D eigenvalue weighted by Gasteiger charge is -2.26. The zero-order valence-electron chi connectivity index (χ0n) is 17.7. The fourth-order valence-electron chi connectivity index (χ4n) is 3.38. The number of aryl methyl sites for hydroxylation is 1. The number of benzene rings is 2. The number of hydrogen-bond donors (Lipinski definition) is 1. The normalized spacial score (nSPS) is 15.3. The molecule has 0 spiro atoms. The molecule has 168 valence electrons. The van der Waals surface area contributed by atoms with Crippen molar-refractivity contribution in [1.29, 1.82) is 0 Å². The summed E-state index contributed by atoms with van der Waals surface area (Å²) in [5.41, 5.74) is 2.47. The number of hydrogen-bond acceptors (Lipinski definition) is 7. The van der Waals surface area contributed by atoms with Gasteiger partial charge in [0.05, 0.1) is 30.5 Å². The van der Waals surface area contributed by atoms with E-state index in [1.54, 1.807) is 18.2 Å². The van der Waals surface area contributed by atoms with Crippen LogP contribution in [0.3, 0.4) is 0 Å². The topological polar surface area (TPSA) is 97.8 Å². The first-order chi connectivity index (χ1) is 15.4. The maximum atomic E-state index is 13.1. The maximum Gasteiger partial charge on any atom is 0.250 e. The number of nitrogens with zero attached hydrogens (tertiary/aromatic N) is 2. The van der Waals surface area contributed by atoms with Crippen molar-refractivity contribution in [2.45, 2.75) is 11.8 Å². The van der Waals surface area contributed by atoms with E-state index in [1.165, 1.54) is 34.9 Å². The Balaban J connectivity index is 1.53. The van der Waals surface area contributed by atoms with Crippen LogP contribution in [-0.2, 0) is 19.6 Å². The van der Waals surface area contributed by atoms with Crippen LogP contribution in [-0.4, -0.2) is 57.0 Å². The van der Waals surface area contributed by atoms with Gasteiger partial charge in [-0.1, -0.05) is 29.5 Å². The van der Waals surface area contributed by atoms with Crippen LogP contribution in [0, 0.1) is 6.92 Å². The van der Waals surface area contributed by atoms with Gasteiger partial charge >= 0.3 is 0 Å².